The van der Waals surface area contributed by atoms with E-state index in [1.54, 1.807) is 0 Å². The van der Waals surface area contributed by atoms with Crippen LogP contribution >= 0.6 is 0 Å². The first-order chi connectivity index (χ1) is 12.1. The van der Waals surface area contributed by atoms with Gasteiger partial charge in [0.25, 0.3) is 0 Å². The summed E-state index contributed by atoms with van der Waals surface area (Å²) in [7, 11) is 0. The standard InChI is InChI=1S/C17H20N6O2/c1-2-9-7-10-12-11(8-18)16(23-3-5-24-6-4-23)21-14(19)13(12)15(20)22-17(10)25-9/h9H,2-7H2,1H3,(H2,19,21)(H2,20,22)/t9-/m1/s1. The van der Waals surface area contributed by atoms with Crippen molar-refractivity contribution in [2.45, 2.75) is 25.9 Å². The van der Waals surface area contributed by atoms with Crippen LogP contribution in [0.15, 0.2) is 0 Å². The molecule has 2 aromatic rings. The monoisotopic (exact) mass is 340 g/mol. The molecule has 2 aromatic heterocycles. The third kappa shape index (κ3) is 2.39. The predicted molar refractivity (Wildman–Crippen MR) is 94.5 cm³/mol. The molecule has 1 saturated heterocycles. The molecule has 4 rings (SSSR count). The van der Waals surface area contributed by atoms with Crippen LogP contribution in [0, 0.1) is 11.3 Å². The molecule has 25 heavy (non-hydrogen) atoms. The molecule has 0 saturated carbocycles. The molecule has 0 spiro atoms. The number of hydrogen-bond acceptors (Lipinski definition) is 8. The molecular formula is C17H20N6O2. The van der Waals surface area contributed by atoms with Crippen LogP contribution in [-0.2, 0) is 11.2 Å². The average Bonchev–Trinajstić information content (AvgIpc) is 3.05. The van der Waals surface area contributed by atoms with Gasteiger partial charge in [-0.15, -0.1) is 0 Å². The second-order valence-electron chi connectivity index (χ2n) is 6.29. The van der Waals surface area contributed by atoms with E-state index in [1.807, 2.05) is 4.90 Å². The number of ether oxygens (including phenoxy) is 2. The van der Waals surface area contributed by atoms with E-state index in [-0.39, 0.29) is 11.9 Å². The van der Waals surface area contributed by atoms with Gasteiger partial charge in [-0.2, -0.15) is 10.2 Å². The van der Waals surface area contributed by atoms with Crippen LogP contribution in [0.25, 0.3) is 10.8 Å². The Morgan fingerprint density at radius 1 is 1.20 bits per heavy atom. The van der Waals surface area contributed by atoms with E-state index < -0.39 is 0 Å². The van der Waals surface area contributed by atoms with Crippen LogP contribution in [0.3, 0.4) is 0 Å². The molecule has 4 heterocycles. The van der Waals surface area contributed by atoms with Gasteiger partial charge in [-0.25, -0.2) is 4.98 Å². The number of nitrogens with two attached hydrogens (primary N) is 2. The summed E-state index contributed by atoms with van der Waals surface area (Å²) < 4.78 is 11.3. The average molecular weight is 340 g/mol. The van der Waals surface area contributed by atoms with Crippen molar-refractivity contribution in [3.63, 3.8) is 0 Å². The molecule has 1 atom stereocenters. The van der Waals surface area contributed by atoms with Gasteiger partial charge in [0, 0.05) is 30.5 Å². The molecule has 0 aliphatic carbocycles. The number of anilines is 3. The summed E-state index contributed by atoms with van der Waals surface area (Å²) in [6.07, 6.45) is 1.59. The Morgan fingerprint density at radius 3 is 2.60 bits per heavy atom. The van der Waals surface area contributed by atoms with Gasteiger partial charge in [0.2, 0.25) is 5.88 Å². The highest BCUT2D eigenvalue weighted by Crippen LogP contribution is 2.42. The van der Waals surface area contributed by atoms with Crippen molar-refractivity contribution >= 4 is 28.2 Å². The number of aromatic nitrogens is 2. The number of pyridine rings is 2. The Balaban J connectivity index is 2.00. The smallest absolute Gasteiger partial charge is 0.219 e. The van der Waals surface area contributed by atoms with E-state index in [0.29, 0.717) is 61.2 Å². The van der Waals surface area contributed by atoms with Crippen molar-refractivity contribution in [3.8, 4) is 11.9 Å². The predicted octanol–water partition coefficient (Wildman–Crippen LogP) is 1.22. The van der Waals surface area contributed by atoms with E-state index in [2.05, 4.69) is 23.0 Å². The number of hydrogen-bond donors (Lipinski definition) is 2. The van der Waals surface area contributed by atoms with Crippen LogP contribution in [0.4, 0.5) is 17.5 Å². The molecule has 2 aliphatic rings. The number of nitrogens with zero attached hydrogens (tertiary/aromatic N) is 4. The summed E-state index contributed by atoms with van der Waals surface area (Å²) in [4.78, 5) is 10.9. The lowest BCUT2D eigenvalue weighted by molar-refractivity contribution is 0.122. The van der Waals surface area contributed by atoms with Crippen molar-refractivity contribution < 1.29 is 9.47 Å². The maximum Gasteiger partial charge on any atom is 0.219 e. The van der Waals surface area contributed by atoms with E-state index in [0.717, 1.165) is 17.4 Å². The minimum absolute atomic E-state index is 0.0419. The fourth-order valence-electron chi connectivity index (χ4n) is 3.54. The van der Waals surface area contributed by atoms with Crippen molar-refractivity contribution in [2.24, 2.45) is 0 Å². The molecular weight excluding hydrogens is 320 g/mol. The topological polar surface area (TPSA) is 123 Å². The number of nitriles is 1. The van der Waals surface area contributed by atoms with Crippen molar-refractivity contribution in [1.29, 1.82) is 5.26 Å². The maximum atomic E-state index is 9.89. The summed E-state index contributed by atoms with van der Waals surface area (Å²) in [6.45, 7) is 4.60. The first kappa shape index (κ1) is 15.7. The van der Waals surface area contributed by atoms with Crippen molar-refractivity contribution in [1.82, 2.24) is 9.97 Å². The zero-order chi connectivity index (χ0) is 17.6. The summed E-state index contributed by atoms with van der Waals surface area (Å²) in [5.74, 6) is 1.64. The number of fused-ring (bicyclic) bond motifs is 3. The van der Waals surface area contributed by atoms with Gasteiger partial charge < -0.3 is 25.8 Å². The quantitative estimate of drug-likeness (QED) is 0.836. The third-order valence-corrected chi connectivity index (χ3v) is 4.83. The second kappa shape index (κ2) is 5.93. The van der Waals surface area contributed by atoms with Crippen LogP contribution < -0.4 is 21.1 Å². The first-order valence-corrected chi connectivity index (χ1v) is 8.45. The lowest BCUT2D eigenvalue weighted by atomic mass is 9.98. The van der Waals surface area contributed by atoms with E-state index >= 15 is 0 Å². The lowest BCUT2D eigenvalue weighted by Crippen LogP contribution is -2.37. The van der Waals surface area contributed by atoms with Gasteiger partial charge in [-0.05, 0) is 6.42 Å². The van der Waals surface area contributed by atoms with Crippen LogP contribution in [0.1, 0.15) is 24.5 Å². The third-order valence-electron chi connectivity index (χ3n) is 4.83. The fourth-order valence-corrected chi connectivity index (χ4v) is 3.54. The normalized spacial score (nSPS) is 19.5. The van der Waals surface area contributed by atoms with Crippen LogP contribution in [-0.4, -0.2) is 42.4 Å². The van der Waals surface area contributed by atoms with Gasteiger partial charge in [0.1, 0.15) is 35.2 Å². The van der Waals surface area contributed by atoms with Gasteiger partial charge in [-0.3, -0.25) is 0 Å². The van der Waals surface area contributed by atoms with E-state index in [9.17, 15) is 5.26 Å². The summed E-state index contributed by atoms with van der Waals surface area (Å²) in [5.41, 5.74) is 13.7. The zero-order valence-electron chi connectivity index (χ0n) is 14.1. The second-order valence-corrected chi connectivity index (χ2v) is 6.29. The molecule has 0 aromatic carbocycles. The number of rotatable bonds is 2. The lowest BCUT2D eigenvalue weighted by Gasteiger charge is -2.29. The maximum absolute atomic E-state index is 9.89. The molecule has 2 aliphatic heterocycles. The Hall–Kier alpha value is -2.79. The molecule has 130 valence electrons. The summed E-state index contributed by atoms with van der Waals surface area (Å²) in [5, 5.41) is 11.2. The zero-order valence-corrected chi connectivity index (χ0v) is 14.1. The number of nitrogen functional groups attached to an aromatic ring is 2. The molecule has 0 radical (unpaired) electrons. The SMILES string of the molecule is CC[C@@H]1Cc2c(nc(N)c3c(N)nc(N4CCOCC4)c(C#N)c23)O1. The summed E-state index contributed by atoms with van der Waals surface area (Å²) >= 11 is 0. The largest absolute Gasteiger partial charge is 0.474 e. The Bertz CT molecular complexity index is 885. The minimum Gasteiger partial charge on any atom is -0.474 e. The van der Waals surface area contributed by atoms with Crippen LogP contribution in [0.5, 0.6) is 5.88 Å². The molecule has 1 fully saturated rings. The molecule has 8 heteroatoms. The minimum atomic E-state index is 0.0419. The Labute approximate surface area is 145 Å². The van der Waals surface area contributed by atoms with Gasteiger partial charge >= 0.3 is 0 Å². The molecule has 8 nitrogen and oxygen atoms in total. The summed E-state index contributed by atoms with van der Waals surface area (Å²) in [6, 6.07) is 2.31. The highest BCUT2D eigenvalue weighted by Gasteiger charge is 2.31. The van der Waals surface area contributed by atoms with Crippen molar-refractivity contribution in [3.05, 3.63) is 11.1 Å². The molecule has 0 unspecified atom stereocenters. The molecule has 0 amide bonds. The van der Waals surface area contributed by atoms with E-state index in [1.165, 1.54) is 0 Å². The highest BCUT2D eigenvalue weighted by atomic mass is 16.5. The highest BCUT2D eigenvalue weighted by molar-refractivity contribution is 6.06. The Morgan fingerprint density at radius 2 is 1.92 bits per heavy atom. The Kier molecular flexibility index (Phi) is 3.73. The fraction of sp³-hybridized carbons (Fsp3) is 0.471. The van der Waals surface area contributed by atoms with Gasteiger partial charge in [-0.1, -0.05) is 6.92 Å². The van der Waals surface area contributed by atoms with Crippen molar-refractivity contribution in [2.75, 3.05) is 42.7 Å². The van der Waals surface area contributed by atoms with Crippen LogP contribution in [0.2, 0.25) is 0 Å². The van der Waals surface area contributed by atoms with E-state index in [4.69, 9.17) is 20.9 Å². The van der Waals surface area contributed by atoms with Gasteiger partial charge in [0.15, 0.2) is 0 Å². The number of morpholine rings is 1. The molecule has 0 bridgehead atoms. The first-order valence-electron chi connectivity index (χ1n) is 8.45. The molecule has 4 N–H and O–H groups in total. The van der Waals surface area contributed by atoms with Gasteiger partial charge in [0.05, 0.1) is 18.6 Å².